The molecule has 1 amide bonds. The molecule has 0 aliphatic carbocycles. The minimum Gasteiger partial charge on any atom is -0.497 e. The van der Waals surface area contributed by atoms with Gasteiger partial charge < -0.3 is 18.9 Å². The maximum absolute atomic E-state index is 12.3. The van der Waals surface area contributed by atoms with Gasteiger partial charge in [-0.05, 0) is 36.2 Å². The molecule has 152 valence electrons. The number of methoxy groups -OCH3 is 1. The van der Waals surface area contributed by atoms with Gasteiger partial charge in [0.15, 0.2) is 12.4 Å². The summed E-state index contributed by atoms with van der Waals surface area (Å²) in [5, 5.41) is 3.96. The van der Waals surface area contributed by atoms with Crippen LogP contribution < -0.4 is 9.47 Å². The van der Waals surface area contributed by atoms with E-state index in [2.05, 4.69) is 10.1 Å². The van der Waals surface area contributed by atoms with Crippen molar-refractivity contribution in [1.82, 2.24) is 15.0 Å². The second kappa shape index (κ2) is 10.3. The number of rotatable bonds is 10. The molecule has 0 bridgehead atoms. The molecule has 0 saturated heterocycles. The largest absolute Gasteiger partial charge is 0.497 e. The SMILES string of the molecule is COc1ccc(OCc2nc(CCN(C)C(=O)CCc3ccccc3)no2)cc1. The van der Waals surface area contributed by atoms with Crippen molar-refractivity contribution in [3.05, 3.63) is 71.9 Å². The van der Waals surface area contributed by atoms with Gasteiger partial charge in [-0.15, -0.1) is 0 Å². The molecule has 0 fully saturated rings. The quantitative estimate of drug-likeness (QED) is 0.524. The van der Waals surface area contributed by atoms with Gasteiger partial charge in [0.2, 0.25) is 5.91 Å². The Hall–Kier alpha value is -3.35. The second-order valence-electron chi connectivity index (χ2n) is 6.62. The fourth-order valence-corrected chi connectivity index (χ4v) is 2.75. The standard InChI is InChI=1S/C22H25N3O4/c1-25(22(26)13-8-17-6-4-3-5-7-17)15-14-20-23-21(29-24-20)16-28-19-11-9-18(27-2)10-12-19/h3-7,9-12H,8,13-16H2,1-2H3. The van der Waals surface area contributed by atoms with Crippen LogP contribution >= 0.6 is 0 Å². The summed E-state index contributed by atoms with van der Waals surface area (Å²) in [6.07, 6.45) is 1.74. The molecular formula is C22H25N3O4. The predicted molar refractivity (Wildman–Crippen MR) is 108 cm³/mol. The van der Waals surface area contributed by atoms with E-state index in [1.54, 1.807) is 19.1 Å². The van der Waals surface area contributed by atoms with Crippen molar-refractivity contribution >= 4 is 5.91 Å². The van der Waals surface area contributed by atoms with Crippen molar-refractivity contribution in [2.24, 2.45) is 0 Å². The highest BCUT2D eigenvalue weighted by Gasteiger charge is 2.12. The third kappa shape index (κ3) is 6.34. The van der Waals surface area contributed by atoms with Gasteiger partial charge in [0.1, 0.15) is 11.5 Å². The average molecular weight is 395 g/mol. The number of likely N-dealkylation sites (N-methyl/N-ethyl adjacent to an activating group) is 1. The van der Waals surface area contributed by atoms with Gasteiger partial charge in [-0.25, -0.2) is 0 Å². The number of aryl methyl sites for hydroxylation is 1. The second-order valence-corrected chi connectivity index (χ2v) is 6.62. The third-order valence-electron chi connectivity index (χ3n) is 4.50. The highest BCUT2D eigenvalue weighted by molar-refractivity contribution is 5.76. The zero-order valence-corrected chi connectivity index (χ0v) is 16.7. The first-order chi connectivity index (χ1) is 14.1. The highest BCUT2D eigenvalue weighted by atomic mass is 16.5. The van der Waals surface area contributed by atoms with Gasteiger partial charge in [-0.3, -0.25) is 4.79 Å². The summed E-state index contributed by atoms with van der Waals surface area (Å²) in [6, 6.07) is 17.3. The van der Waals surface area contributed by atoms with Crippen LogP contribution in [0.1, 0.15) is 23.7 Å². The van der Waals surface area contributed by atoms with E-state index in [1.165, 1.54) is 0 Å². The highest BCUT2D eigenvalue weighted by Crippen LogP contribution is 2.18. The Kier molecular flexibility index (Phi) is 7.22. The van der Waals surface area contributed by atoms with E-state index in [0.717, 1.165) is 17.7 Å². The van der Waals surface area contributed by atoms with Crippen LogP contribution in [-0.4, -0.2) is 41.6 Å². The fourth-order valence-electron chi connectivity index (χ4n) is 2.75. The fraction of sp³-hybridized carbons (Fsp3) is 0.318. The lowest BCUT2D eigenvalue weighted by atomic mass is 10.1. The number of benzene rings is 2. The van der Waals surface area contributed by atoms with E-state index in [9.17, 15) is 4.79 Å². The van der Waals surface area contributed by atoms with Crippen molar-refractivity contribution in [3.63, 3.8) is 0 Å². The molecule has 3 rings (SSSR count). The molecule has 0 atom stereocenters. The smallest absolute Gasteiger partial charge is 0.264 e. The summed E-state index contributed by atoms with van der Waals surface area (Å²) in [5.41, 5.74) is 1.16. The number of hydrogen-bond donors (Lipinski definition) is 0. The lowest BCUT2D eigenvalue weighted by Gasteiger charge is -2.16. The number of hydrogen-bond acceptors (Lipinski definition) is 6. The van der Waals surface area contributed by atoms with Crippen LogP contribution in [-0.2, 0) is 24.2 Å². The number of nitrogens with zero attached hydrogens (tertiary/aromatic N) is 3. The van der Waals surface area contributed by atoms with Crippen LogP contribution in [0.25, 0.3) is 0 Å². The number of amides is 1. The Morgan fingerprint density at radius 1 is 1.03 bits per heavy atom. The summed E-state index contributed by atoms with van der Waals surface area (Å²) in [6.45, 7) is 0.719. The minimum absolute atomic E-state index is 0.0976. The molecule has 0 saturated carbocycles. The van der Waals surface area contributed by atoms with Crippen LogP contribution in [0.4, 0.5) is 0 Å². The average Bonchev–Trinajstić information content (AvgIpc) is 3.23. The van der Waals surface area contributed by atoms with Crippen LogP contribution in [0.2, 0.25) is 0 Å². The van der Waals surface area contributed by atoms with Gasteiger partial charge >= 0.3 is 0 Å². The number of aromatic nitrogens is 2. The first-order valence-electron chi connectivity index (χ1n) is 9.50. The Morgan fingerprint density at radius 3 is 2.48 bits per heavy atom. The first kappa shape index (κ1) is 20.4. The zero-order valence-electron chi connectivity index (χ0n) is 16.7. The molecule has 7 heteroatoms. The van der Waals surface area contributed by atoms with E-state index >= 15 is 0 Å². The molecule has 0 aliphatic rings. The summed E-state index contributed by atoms with van der Waals surface area (Å²) in [7, 11) is 3.41. The first-order valence-corrected chi connectivity index (χ1v) is 9.50. The number of ether oxygens (including phenoxy) is 2. The summed E-state index contributed by atoms with van der Waals surface area (Å²) >= 11 is 0. The molecule has 3 aromatic rings. The van der Waals surface area contributed by atoms with Crippen LogP contribution in [0.15, 0.2) is 59.1 Å². The van der Waals surface area contributed by atoms with Crippen molar-refractivity contribution < 1.29 is 18.8 Å². The Balaban J connectivity index is 1.40. The maximum atomic E-state index is 12.3. The molecule has 0 aliphatic heterocycles. The maximum Gasteiger partial charge on any atom is 0.264 e. The van der Waals surface area contributed by atoms with E-state index in [4.69, 9.17) is 14.0 Å². The minimum atomic E-state index is 0.0976. The van der Waals surface area contributed by atoms with E-state index in [-0.39, 0.29) is 12.5 Å². The van der Waals surface area contributed by atoms with Crippen molar-refractivity contribution in [2.75, 3.05) is 20.7 Å². The molecule has 0 N–H and O–H groups in total. The van der Waals surface area contributed by atoms with Crippen molar-refractivity contribution in [1.29, 1.82) is 0 Å². The van der Waals surface area contributed by atoms with Gasteiger partial charge in [0, 0.05) is 26.4 Å². The van der Waals surface area contributed by atoms with Crippen LogP contribution in [0.3, 0.4) is 0 Å². The summed E-state index contributed by atoms with van der Waals surface area (Å²) < 4.78 is 16.0. The molecule has 2 aromatic carbocycles. The van der Waals surface area contributed by atoms with E-state index in [1.807, 2.05) is 54.6 Å². The molecule has 1 heterocycles. The lowest BCUT2D eigenvalue weighted by Crippen LogP contribution is -2.29. The monoisotopic (exact) mass is 395 g/mol. The van der Waals surface area contributed by atoms with Crippen molar-refractivity contribution in [2.45, 2.75) is 25.9 Å². The van der Waals surface area contributed by atoms with Gasteiger partial charge in [-0.2, -0.15) is 4.98 Å². The van der Waals surface area contributed by atoms with Gasteiger partial charge in [0.25, 0.3) is 5.89 Å². The topological polar surface area (TPSA) is 77.7 Å². The Morgan fingerprint density at radius 2 is 1.76 bits per heavy atom. The molecule has 0 spiro atoms. The zero-order chi connectivity index (χ0) is 20.5. The predicted octanol–water partition coefficient (Wildman–Crippen LogP) is 3.29. The Bertz CT molecular complexity index is 894. The van der Waals surface area contributed by atoms with Gasteiger partial charge in [-0.1, -0.05) is 35.5 Å². The molecule has 7 nitrogen and oxygen atoms in total. The molecule has 0 unspecified atom stereocenters. The number of carbonyl (C=O) groups excluding carboxylic acids is 1. The normalized spacial score (nSPS) is 10.6. The third-order valence-corrected chi connectivity index (χ3v) is 4.50. The van der Waals surface area contributed by atoms with E-state index < -0.39 is 0 Å². The molecule has 1 aromatic heterocycles. The van der Waals surface area contributed by atoms with Gasteiger partial charge in [0.05, 0.1) is 7.11 Å². The molecular weight excluding hydrogens is 370 g/mol. The summed E-state index contributed by atoms with van der Waals surface area (Å²) in [5.74, 6) is 2.50. The Labute approximate surface area is 170 Å². The molecule has 29 heavy (non-hydrogen) atoms. The lowest BCUT2D eigenvalue weighted by molar-refractivity contribution is -0.129. The van der Waals surface area contributed by atoms with Crippen LogP contribution in [0, 0.1) is 0 Å². The number of carbonyl (C=O) groups is 1. The van der Waals surface area contributed by atoms with Crippen molar-refractivity contribution in [3.8, 4) is 11.5 Å². The summed E-state index contributed by atoms with van der Waals surface area (Å²) in [4.78, 5) is 18.3. The van der Waals surface area contributed by atoms with E-state index in [0.29, 0.717) is 36.9 Å². The molecule has 0 radical (unpaired) electrons. The van der Waals surface area contributed by atoms with Crippen LogP contribution in [0.5, 0.6) is 11.5 Å².